The van der Waals surface area contributed by atoms with Crippen molar-refractivity contribution in [2.75, 3.05) is 5.73 Å². The fraction of sp³-hybridized carbons (Fsp3) is 0.222. The van der Waals surface area contributed by atoms with Gasteiger partial charge in [-0.15, -0.1) is 0 Å². The zero-order valence-corrected chi connectivity index (χ0v) is 13.3. The minimum atomic E-state index is -1.14. The second-order valence-corrected chi connectivity index (χ2v) is 6.25. The zero-order chi connectivity index (χ0) is 17.9. The quantitative estimate of drug-likeness (QED) is 0.736. The van der Waals surface area contributed by atoms with Crippen molar-refractivity contribution in [1.82, 2.24) is 9.38 Å². The van der Waals surface area contributed by atoms with Gasteiger partial charge in [-0.3, -0.25) is 9.20 Å². The van der Waals surface area contributed by atoms with Crippen molar-refractivity contribution < 1.29 is 18.0 Å². The van der Waals surface area contributed by atoms with Crippen molar-refractivity contribution >= 4 is 17.2 Å². The predicted octanol–water partition coefficient (Wildman–Crippen LogP) is 3.71. The normalized spacial score (nSPS) is 19.4. The molecule has 1 fully saturated rings. The predicted molar refractivity (Wildman–Crippen MR) is 87.0 cm³/mol. The molecule has 0 aliphatic heterocycles. The number of pyridine rings is 1. The molecule has 0 saturated heterocycles. The lowest BCUT2D eigenvalue weighted by atomic mass is 10.0. The Morgan fingerprint density at radius 3 is 2.68 bits per heavy atom. The molecule has 128 valence electrons. The van der Waals surface area contributed by atoms with Crippen LogP contribution in [0.2, 0.25) is 0 Å². The highest BCUT2D eigenvalue weighted by Gasteiger charge is 2.45. The second-order valence-electron chi connectivity index (χ2n) is 6.25. The number of aromatic nitrogens is 2. The van der Waals surface area contributed by atoms with Crippen molar-refractivity contribution in [1.29, 1.82) is 0 Å². The van der Waals surface area contributed by atoms with Crippen molar-refractivity contribution in [2.24, 2.45) is 5.92 Å². The van der Waals surface area contributed by atoms with Gasteiger partial charge in [-0.2, -0.15) is 0 Å². The summed E-state index contributed by atoms with van der Waals surface area (Å²) in [5.74, 6) is -2.89. The van der Waals surface area contributed by atoms with Crippen LogP contribution in [0.15, 0.2) is 30.5 Å². The summed E-state index contributed by atoms with van der Waals surface area (Å²) in [6, 6.07) is 5.83. The number of hydrogen-bond acceptors (Lipinski definition) is 3. The van der Waals surface area contributed by atoms with Crippen LogP contribution in [-0.4, -0.2) is 21.3 Å². The van der Waals surface area contributed by atoms with E-state index in [1.54, 1.807) is 18.3 Å². The van der Waals surface area contributed by atoms with E-state index in [2.05, 4.69) is 4.98 Å². The van der Waals surface area contributed by atoms with E-state index in [0.717, 1.165) is 6.07 Å². The lowest BCUT2D eigenvalue weighted by Crippen LogP contribution is -2.10. The van der Waals surface area contributed by atoms with Gasteiger partial charge in [0.25, 0.3) is 0 Å². The molecule has 1 aliphatic carbocycles. The van der Waals surface area contributed by atoms with Crippen molar-refractivity contribution in [3.63, 3.8) is 0 Å². The minimum absolute atomic E-state index is 0.0308. The number of nitrogens with two attached hydrogens (primary N) is 1. The third-order valence-corrected chi connectivity index (χ3v) is 4.58. The molecule has 2 N–H and O–H groups in total. The van der Waals surface area contributed by atoms with Gasteiger partial charge in [0, 0.05) is 6.20 Å². The highest BCUT2D eigenvalue weighted by molar-refractivity contribution is 6.03. The monoisotopic (exact) mass is 345 g/mol. The van der Waals surface area contributed by atoms with Gasteiger partial charge in [0.05, 0.1) is 5.92 Å². The summed E-state index contributed by atoms with van der Waals surface area (Å²) in [4.78, 5) is 16.6. The smallest absolute Gasteiger partial charge is 0.189 e. The number of carbonyl (C=O) groups excluding carboxylic acids is 1. The van der Waals surface area contributed by atoms with Crippen molar-refractivity contribution in [2.45, 2.75) is 19.5 Å². The van der Waals surface area contributed by atoms with Gasteiger partial charge in [-0.25, -0.2) is 18.2 Å². The van der Waals surface area contributed by atoms with E-state index in [9.17, 15) is 18.0 Å². The van der Waals surface area contributed by atoms with Crippen LogP contribution in [0, 0.1) is 24.5 Å². The molecule has 3 aromatic rings. The van der Waals surface area contributed by atoms with Gasteiger partial charge in [0.1, 0.15) is 17.5 Å². The lowest BCUT2D eigenvalue weighted by molar-refractivity contribution is 0.0952. The van der Waals surface area contributed by atoms with Crippen LogP contribution >= 0.6 is 0 Å². The number of imidazole rings is 1. The Bertz CT molecular complexity index is 1030. The molecule has 2 heterocycles. The Labute approximate surface area is 141 Å². The summed E-state index contributed by atoms with van der Waals surface area (Å²) in [5, 5.41) is 0. The van der Waals surface area contributed by atoms with Gasteiger partial charge in [0.2, 0.25) is 0 Å². The first-order valence-electron chi connectivity index (χ1n) is 7.79. The Kier molecular flexibility index (Phi) is 3.35. The van der Waals surface area contributed by atoms with E-state index in [1.807, 2.05) is 0 Å². The molecule has 2 atom stereocenters. The lowest BCUT2D eigenvalue weighted by Gasteiger charge is -2.09. The molecular weight excluding hydrogens is 331 g/mol. The number of anilines is 1. The molecule has 7 heteroatoms. The van der Waals surface area contributed by atoms with E-state index in [1.165, 1.54) is 17.4 Å². The highest BCUT2D eigenvalue weighted by Crippen LogP contribution is 2.38. The summed E-state index contributed by atoms with van der Waals surface area (Å²) in [6.45, 7) is 1.48. The van der Waals surface area contributed by atoms with Crippen LogP contribution in [0.4, 0.5) is 19.0 Å². The number of rotatable bonds is 3. The van der Waals surface area contributed by atoms with Crippen LogP contribution in [0.5, 0.6) is 0 Å². The summed E-state index contributed by atoms with van der Waals surface area (Å²) in [6.07, 6.45) is 0.628. The van der Waals surface area contributed by atoms with E-state index in [0.29, 0.717) is 16.8 Å². The summed E-state index contributed by atoms with van der Waals surface area (Å²) >= 11 is 0. The number of fused-ring (bicyclic) bond motifs is 1. The fourth-order valence-corrected chi connectivity index (χ4v) is 3.04. The van der Waals surface area contributed by atoms with Crippen molar-refractivity contribution in [3.8, 4) is 11.1 Å². The first-order valence-corrected chi connectivity index (χ1v) is 7.79. The zero-order valence-electron chi connectivity index (χ0n) is 13.3. The number of carbonyl (C=O) groups is 1. The summed E-state index contributed by atoms with van der Waals surface area (Å²) in [7, 11) is 0. The van der Waals surface area contributed by atoms with E-state index >= 15 is 0 Å². The molecule has 1 aliphatic rings. The van der Waals surface area contributed by atoms with Crippen LogP contribution in [-0.2, 0) is 0 Å². The van der Waals surface area contributed by atoms with E-state index in [4.69, 9.17) is 5.73 Å². The average Bonchev–Trinajstić information content (AvgIpc) is 3.22. The minimum Gasteiger partial charge on any atom is -0.382 e. The van der Waals surface area contributed by atoms with E-state index in [-0.39, 0.29) is 23.5 Å². The maximum absolute atomic E-state index is 13.8. The number of nitrogen functional groups attached to an aromatic ring is 1. The van der Waals surface area contributed by atoms with E-state index < -0.39 is 29.5 Å². The molecule has 0 bridgehead atoms. The fourth-order valence-electron chi connectivity index (χ4n) is 3.04. The first kappa shape index (κ1) is 15.7. The second kappa shape index (κ2) is 5.34. The highest BCUT2D eigenvalue weighted by atomic mass is 19.2. The average molecular weight is 345 g/mol. The number of halogens is 3. The van der Waals surface area contributed by atoms with Gasteiger partial charge in [-0.05, 0) is 48.2 Å². The number of Topliss-reactive ketones (excluding diaryl/α,β-unsaturated/α-hetero) is 1. The summed E-state index contributed by atoms with van der Waals surface area (Å²) < 4.78 is 41.9. The number of benzene rings is 1. The van der Waals surface area contributed by atoms with Gasteiger partial charge in [-0.1, -0.05) is 6.07 Å². The molecule has 1 saturated carbocycles. The molecule has 0 unspecified atom stereocenters. The molecule has 4 rings (SSSR count). The molecule has 0 amide bonds. The maximum atomic E-state index is 13.8. The Morgan fingerprint density at radius 2 is 2.00 bits per heavy atom. The Hall–Kier alpha value is -2.83. The molecule has 0 radical (unpaired) electrons. The number of nitrogens with zero attached hydrogens (tertiary/aromatic N) is 2. The molecular formula is C18H14F3N3O. The van der Waals surface area contributed by atoms with Gasteiger partial charge in [0.15, 0.2) is 23.2 Å². The molecule has 2 aromatic heterocycles. The third-order valence-electron chi connectivity index (χ3n) is 4.58. The SMILES string of the molecule is Cc1c(-c2ccc3nc(N)c(C(=O)[C@@H]4C[C@@H]4F)n3c2)ccc(F)c1F. The van der Waals surface area contributed by atoms with Crippen LogP contribution in [0.1, 0.15) is 22.5 Å². The largest absolute Gasteiger partial charge is 0.382 e. The molecule has 25 heavy (non-hydrogen) atoms. The Balaban J connectivity index is 1.88. The van der Waals surface area contributed by atoms with Gasteiger partial charge < -0.3 is 5.73 Å². The first-order chi connectivity index (χ1) is 11.9. The summed E-state index contributed by atoms with van der Waals surface area (Å²) in [5.41, 5.74) is 7.62. The number of alkyl halides is 1. The van der Waals surface area contributed by atoms with Crippen LogP contribution in [0.25, 0.3) is 16.8 Å². The topological polar surface area (TPSA) is 60.4 Å². The molecule has 0 spiro atoms. The van der Waals surface area contributed by atoms with Gasteiger partial charge >= 0.3 is 0 Å². The number of hydrogen-bond donors (Lipinski definition) is 1. The maximum Gasteiger partial charge on any atom is 0.189 e. The Morgan fingerprint density at radius 1 is 1.28 bits per heavy atom. The van der Waals surface area contributed by atoms with Crippen LogP contribution < -0.4 is 5.73 Å². The standard InChI is InChI=1S/C18H14F3N3O/c1-8-10(3-4-12(19)15(8)21)9-2-5-14-23-18(22)16(24(14)7-9)17(25)11-6-13(11)20/h2-5,7,11,13H,6,22H2,1H3/t11-,13+/m1/s1. The number of ketones is 1. The molecule has 1 aromatic carbocycles. The third kappa shape index (κ3) is 2.38. The van der Waals surface area contributed by atoms with Crippen molar-refractivity contribution in [3.05, 3.63) is 53.4 Å². The molecule has 4 nitrogen and oxygen atoms in total. The van der Waals surface area contributed by atoms with Crippen LogP contribution in [0.3, 0.4) is 0 Å².